The molecule has 6 nitrogen and oxygen atoms in total. The number of imidazole rings is 1. The molecule has 1 unspecified atom stereocenters. The Labute approximate surface area is 114 Å². The van der Waals surface area contributed by atoms with Gasteiger partial charge in [0.2, 0.25) is 0 Å². The molecule has 2 heterocycles. The third-order valence-corrected chi connectivity index (χ3v) is 5.22. The third kappa shape index (κ3) is 3.55. The van der Waals surface area contributed by atoms with E-state index in [1.54, 1.807) is 4.31 Å². The number of nitrogens with zero attached hydrogens (tertiary/aromatic N) is 2. The summed E-state index contributed by atoms with van der Waals surface area (Å²) >= 11 is 0. The van der Waals surface area contributed by atoms with Crippen LogP contribution in [0.15, 0.2) is 17.6 Å². The fourth-order valence-corrected chi connectivity index (χ4v) is 3.95. The van der Waals surface area contributed by atoms with Crippen LogP contribution in [-0.4, -0.2) is 48.9 Å². The van der Waals surface area contributed by atoms with E-state index in [4.69, 9.17) is 0 Å². The van der Waals surface area contributed by atoms with Gasteiger partial charge in [-0.05, 0) is 38.3 Å². The van der Waals surface area contributed by atoms with Gasteiger partial charge < -0.3 is 10.3 Å². The summed E-state index contributed by atoms with van der Waals surface area (Å²) in [7, 11) is -3.43. The van der Waals surface area contributed by atoms with Crippen molar-refractivity contribution in [3.8, 4) is 0 Å². The minimum Gasteiger partial charge on any atom is -0.335 e. The topological polar surface area (TPSA) is 78.1 Å². The van der Waals surface area contributed by atoms with Crippen LogP contribution in [0.2, 0.25) is 0 Å². The summed E-state index contributed by atoms with van der Waals surface area (Å²) in [6.45, 7) is 5.07. The first-order chi connectivity index (χ1) is 9.14. The van der Waals surface area contributed by atoms with Gasteiger partial charge in [0, 0.05) is 13.1 Å². The van der Waals surface area contributed by atoms with Crippen molar-refractivity contribution in [2.75, 3.05) is 26.2 Å². The van der Waals surface area contributed by atoms with Gasteiger partial charge in [-0.1, -0.05) is 6.92 Å². The Hall–Kier alpha value is -0.920. The SMILES string of the molecule is CCCN(CC1CCCNC1)S(=O)(=O)c1cnc[nH]1. The molecule has 1 atom stereocenters. The summed E-state index contributed by atoms with van der Waals surface area (Å²) < 4.78 is 26.6. The van der Waals surface area contributed by atoms with Crippen LogP contribution in [0.25, 0.3) is 0 Å². The summed E-state index contributed by atoms with van der Waals surface area (Å²) in [6, 6.07) is 0. The molecular weight excluding hydrogens is 264 g/mol. The smallest absolute Gasteiger partial charge is 0.260 e. The van der Waals surface area contributed by atoms with Crippen molar-refractivity contribution in [3.63, 3.8) is 0 Å². The Morgan fingerprint density at radius 2 is 2.37 bits per heavy atom. The van der Waals surface area contributed by atoms with E-state index >= 15 is 0 Å². The average Bonchev–Trinajstić information content (AvgIpc) is 2.94. The molecule has 1 aromatic heterocycles. The van der Waals surface area contributed by atoms with Crippen LogP contribution < -0.4 is 5.32 Å². The molecule has 0 aromatic carbocycles. The van der Waals surface area contributed by atoms with Crippen LogP contribution in [0.5, 0.6) is 0 Å². The number of H-pyrrole nitrogens is 1. The maximum Gasteiger partial charge on any atom is 0.260 e. The predicted molar refractivity (Wildman–Crippen MR) is 73.2 cm³/mol. The third-order valence-electron chi connectivity index (χ3n) is 3.42. The average molecular weight is 286 g/mol. The van der Waals surface area contributed by atoms with Gasteiger partial charge in [-0.15, -0.1) is 0 Å². The largest absolute Gasteiger partial charge is 0.335 e. The van der Waals surface area contributed by atoms with E-state index < -0.39 is 10.0 Å². The number of aromatic nitrogens is 2. The molecule has 1 aromatic rings. The quantitative estimate of drug-likeness (QED) is 0.811. The highest BCUT2D eigenvalue weighted by Gasteiger charge is 2.28. The van der Waals surface area contributed by atoms with Crippen LogP contribution in [0, 0.1) is 5.92 Å². The lowest BCUT2D eigenvalue weighted by molar-refractivity contribution is 0.291. The van der Waals surface area contributed by atoms with Gasteiger partial charge in [0.15, 0.2) is 5.03 Å². The molecule has 2 rings (SSSR count). The lowest BCUT2D eigenvalue weighted by Crippen LogP contribution is -2.41. The van der Waals surface area contributed by atoms with Crippen LogP contribution in [0.3, 0.4) is 0 Å². The van der Waals surface area contributed by atoms with Gasteiger partial charge in [0.25, 0.3) is 10.0 Å². The number of nitrogens with one attached hydrogen (secondary N) is 2. The summed E-state index contributed by atoms with van der Waals surface area (Å²) in [5.41, 5.74) is 0. The highest BCUT2D eigenvalue weighted by Crippen LogP contribution is 2.18. The van der Waals surface area contributed by atoms with E-state index in [1.807, 2.05) is 6.92 Å². The summed E-state index contributed by atoms with van der Waals surface area (Å²) in [5.74, 6) is 0.401. The number of hydrogen-bond acceptors (Lipinski definition) is 4. The van der Waals surface area contributed by atoms with E-state index in [9.17, 15) is 8.42 Å². The normalized spacial score (nSPS) is 20.8. The van der Waals surface area contributed by atoms with Crippen molar-refractivity contribution >= 4 is 10.0 Å². The molecule has 1 fully saturated rings. The van der Waals surface area contributed by atoms with E-state index in [1.165, 1.54) is 12.5 Å². The fourth-order valence-electron chi connectivity index (χ4n) is 2.45. The van der Waals surface area contributed by atoms with Gasteiger partial charge in [-0.2, -0.15) is 4.31 Å². The second-order valence-corrected chi connectivity index (χ2v) is 6.90. The molecule has 1 saturated heterocycles. The summed E-state index contributed by atoms with van der Waals surface area (Å²) in [4.78, 5) is 6.50. The first kappa shape index (κ1) is 14.5. The zero-order valence-corrected chi connectivity index (χ0v) is 12.1. The van der Waals surface area contributed by atoms with Crippen LogP contribution in [0.4, 0.5) is 0 Å². The van der Waals surface area contributed by atoms with Crippen molar-refractivity contribution in [3.05, 3.63) is 12.5 Å². The zero-order chi connectivity index (χ0) is 13.7. The first-order valence-corrected chi connectivity index (χ1v) is 8.28. The van der Waals surface area contributed by atoms with Crippen molar-refractivity contribution in [1.82, 2.24) is 19.6 Å². The summed E-state index contributed by atoms with van der Waals surface area (Å²) in [5, 5.41) is 3.51. The number of rotatable bonds is 6. The second-order valence-electron chi connectivity index (χ2n) is 4.99. The molecule has 1 aliphatic rings. The van der Waals surface area contributed by atoms with Crippen molar-refractivity contribution in [2.24, 2.45) is 5.92 Å². The number of aromatic amines is 1. The maximum atomic E-state index is 12.5. The lowest BCUT2D eigenvalue weighted by Gasteiger charge is -2.29. The van der Waals surface area contributed by atoms with Gasteiger partial charge in [0.05, 0.1) is 12.5 Å². The highest BCUT2D eigenvalue weighted by molar-refractivity contribution is 7.89. The second kappa shape index (κ2) is 6.49. The van der Waals surface area contributed by atoms with Crippen molar-refractivity contribution in [1.29, 1.82) is 0 Å². The van der Waals surface area contributed by atoms with E-state index in [0.717, 1.165) is 32.4 Å². The molecular formula is C12H22N4O2S. The predicted octanol–water partition coefficient (Wildman–Crippen LogP) is 0.810. The zero-order valence-electron chi connectivity index (χ0n) is 11.3. The Kier molecular flexibility index (Phi) is 4.95. The Balaban J connectivity index is 2.10. The first-order valence-electron chi connectivity index (χ1n) is 6.84. The molecule has 0 bridgehead atoms. The Morgan fingerprint density at radius 1 is 1.53 bits per heavy atom. The maximum absolute atomic E-state index is 12.5. The van der Waals surface area contributed by atoms with Crippen molar-refractivity contribution in [2.45, 2.75) is 31.2 Å². The Morgan fingerprint density at radius 3 is 2.95 bits per heavy atom. The standard InChI is InChI=1S/C12H22N4O2S/c1-2-6-16(9-11-4-3-5-13-7-11)19(17,18)12-8-14-10-15-12/h8,10-11,13H,2-7,9H2,1H3,(H,14,15). The van der Waals surface area contributed by atoms with Crippen LogP contribution >= 0.6 is 0 Å². The molecule has 0 saturated carbocycles. The molecule has 19 heavy (non-hydrogen) atoms. The monoisotopic (exact) mass is 286 g/mol. The number of piperidine rings is 1. The molecule has 7 heteroatoms. The molecule has 2 N–H and O–H groups in total. The molecule has 0 spiro atoms. The minimum atomic E-state index is -3.43. The number of sulfonamides is 1. The van der Waals surface area contributed by atoms with E-state index in [2.05, 4.69) is 15.3 Å². The number of hydrogen-bond donors (Lipinski definition) is 2. The highest BCUT2D eigenvalue weighted by atomic mass is 32.2. The van der Waals surface area contributed by atoms with Crippen LogP contribution in [-0.2, 0) is 10.0 Å². The van der Waals surface area contributed by atoms with E-state index in [-0.39, 0.29) is 5.03 Å². The van der Waals surface area contributed by atoms with E-state index in [0.29, 0.717) is 19.0 Å². The van der Waals surface area contributed by atoms with Crippen LogP contribution in [0.1, 0.15) is 26.2 Å². The molecule has 108 valence electrons. The lowest BCUT2D eigenvalue weighted by atomic mass is 10.00. The molecule has 0 radical (unpaired) electrons. The Bertz CT molecular complexity index is 466. The molecule has 0 aliphatic carbocycles. The molecule has 0 amide bonds. The van der Waals surface area contributed by atoms with Gasteiger partial charge >= 0.3 is 0 Å². The van der Waals surface area contributed by atoms with Gasteiger partial charge in [0.1, 0.15) is 0 Å². The molecule has 1 aliphatic heterocycles. The minimum absolute atomic E-state index is 0.185. The van der Waals surface area contributed by atoms with Gasteiger partial charge in [-0.3, -0.25) is 0 Å². The fraction of sp³-hybridized carbons (Fsp3) is 0.750. The summed E-state index contributed by atoms with van der Waals surface area (Å²) in [6.07, 6.45) is 5.80. The van der Waals surface area contributed by atoms with Crippen molar-refractivity contribution < 1.29 is 8.42 Å². The van der Waals surface area contributed by atoms with Gasteiger partial charge in [-0.25, -0.2) is 13.4 Å².